The second kappa shape index (κ2) is 4.33. The lowest BCUT2D eigenvalue weighted by Crippen LogP contribution is -2.34. The van der Waals surface area contributed by atoms with Gasteiger partial charge in [0.1, 0.15) is 16.6 Å². The van der Waals surface area contributed by atoms with Crippen molar-refractivity contribution in [2.45, 2.75) is 37.6 Å². The molecule has 2 aromatic heterocycles. The minimum atomic E-state index is -0.814. The number of hydrogen-bond acceptors (Lipinski definition) is 7. The number of ether oxygens (including phenoxy) is 2. The Hall–Kier alpha value is -2.58. The topological polar surface area (TPSA) is 103 Å². The molecular weight excluding hydrogens is 326 g/mol. The van der Waals surface area contributed by atoms with Gasteiger partial charge in [0.25, 0.3) is 0 Å². The fraction of sp³-hybridized carbons (Fsp3) is 0.412. The molecule has 0 saturated carbocycles. The molecule has 0 radical (unpaired) electrons. The molecule has 0 spiro atoms. The van der Waals surface area contributed by atoms with Crippen LogP contribution in [0, 0.1) is 0 Å². The van der Waals surface area contributed by atoms with E-state index in [1.165, 1.54) is 4.57 Å². The number of hydrogen-bond donors (Lipinski definition) is 2. The Labute approximate surface area is 142 Å². The first-order chi connectivity index (χ1) is 11.9. The van der Waals surface area contributed by atoms with Crippen molar-refractivity contribution in [1.29, 1.82) is 0 Å². The number of benzene rings is 1. The molecule has 3 aromatic rings. The van der Waals surface area contributed by atoms with E-state index in [-0.39, 0.29) is 17.9 Å². The lowest BCUT2D eigenvalue weighted by atomic mass is 9.78. The van der Waals surface area contributed by atoms with Crippen molar-refractivity contribution in [2.75, 3.05) is 7.11 Å². The van der Waals surface area contributed by atoms with E-state index in [0.717, 1.165) is 0 Å². The van der Waals surface area contributed by atoms with Crippen LogP contribution in [0.4, 0.5) is 0 Å². The smallest absolute Gasteiger partial charge is 0.205 e. The molecule has 2 aliphatic heterocycles. The summed E-state index contributed by atoms with van der Waals surface area (Å²) in [6, 6.07) is 5.15. The van der Waals surface area contributed by atoms with Crippen LogP contribution in [0.25, 0.3) is 16.7 Å². The van der Waals surface area contributed by atoms with Gasteiger partial charge in [-0.25, -0.2) is 4.63 Å². The fourth-order valence-electron chi connectivity index (χ4n) is 4.47. The second-order valence-corrected chi connectivity index (χ2v) is 7.04. The zero-order chi connectivity index (χ0) is 17.6. The number of methoxy groups -OCH3 is 1. The zero-order valence-corrected chi connectivity index (χ0v) is 14.0. The van der Waals surface area contributed by atoms with Gasteiger partial charge < -0.3 is 19.7 Å². The summed E-state index contributed by atoms with van der Waals surface area (Å²) in [6.45, 7) is 3.79. The van der Waals surface area contributed by atoms with Crippen molar-refractivity contribution >= 4 is 11.0 Å². The van der Waals surface area contributed by atoms with E-state index >= 15 is 0 Å². The van der Waals surface area contributed by atoms with Gasteiger partial charge in [-0.15, -0.1) is 0 Å². The number of fused-ring (bicyclic) bond motifs is 6. The molecule has 1 saturated heterocycles. The normalized spacial score (nSPS) is 30.3. The summed E-state index contributed by atoms with van der Waals surface area (Å²) in [5, 5.41) is 29.4. The Bertz CT molecular complexity index is 1020. The Morgan fingerprint density at radius 2 is 1.88 bits per heavy atom. The quantitative estimate of drug-likeness (QED) is 0.736. The molecule has 8 nitrogen and oxygen atoms in total. The van der Waals surface area contributed by atoms with Gasteiger partial charge in [-0.1, -0.05) is 0 Å². The van der Waals surface area contributed by atoms with E-state index < -0.39 is 11.2 Å². The van der Waals surface area contributed by atoms with E-state index in [2.05, 4.69) is 10.3 Å². The van der Waals surface area contributed by atoms with Crippen molar-refractivity contribution in [3.05, 3.63) is 29.3 Å². The third-order valence-electron chi connectivity index (χ3n) is 5.55. The van der Waals surface area contributed by atoms with Crippen LogP contribution in [0.3, 0.4) is 0 Å². The Balaban J connectivity index is 1.77. The highest BCUT2D eigenvalue weighted by molar-refractivity contribution is 5.76. The summed E-state index contributed by atoms with van der Waals surface area (Å²) >= 11 is 0. The molecule has 1 aromatic carbocycles. The molecule has 2 N–H and O–H groups in total. The molecule has 0 unspecified atom stereocenters. The van der Waals surface area contributed by atoms with Gasteiger partial charge in [-0.3, -0.25) is 4.57 Å². The zero-order valence-electron chi connectivity index (χ0n) is 14.0. The molecule has 1 fully saturated rings. The van der Waals surface area contributed by atoms with Crippen LogP contribution in [0.5, 0.6) is 11.8 Å². The molecule has 4 heterocycles. The first-order valence-electron chi connectivity index (χ1n) is 8.02. The Kier molecular flexibility index (Phi) is 2.55. The van der Waals surface area contributed by atoms with Crippen molar-refractivity contribution in [3.63, 3.8) is 0 Å². The molecule has 8 heteroatoms. The van der Waals surface area contributed by atoms with E-state index in [4.69, 9.17) is 14.1 Å². The molecule has 2 aliphatic rings. The van der Waals surface area contributed by atoms with E-state index in [1.807, 2.05) is 13.8 Å². The second-order valence-electron chi connectivity index (χ2n) is 7.04. The number of aromatic nitrogens is 3. The van der Waals surface area contributed by atoms with E-state index in [1.54, 1.807) is 25.3 Å². The first kappa shape index (κ1) is 14.7. The Morgan fingerprint density at radius 3 is 2.64 bits per heavy atom. The molecule has 2 bridgehead atoms. The van der Waals surface area contributed by atoms with Crippen LogP contribution in [0.2, 0.25) is 0 Å². The molecule has 0 amide bonds. The number of aromatic hydroxyl groups is 2. The summed E-state index contributed by atoms with van der Waals surface area (Å²) in [4.78, 5) is 0. The maximum atomic E-state index is 10.9. The summed E-state index contributed by atoms with van der Waals surface area (Å²) < 4.78 is 17.9. The number of rotatable bonds is 2. The predicted molar refractivity (Wildman–Crippen MR) is 85.7 cm³/mol. The minimum absolute atomic E-state index is 0.0379. The van der Waals surface area contributed by atoms with Crippen LogP contribution in [0.15, 0.2) is 22.8 Å². The summed E-state index contributed by atoms with van der Waals surface area (Å²) in [5.41, 5.74) is 1.36. The highest BCUT2D eigenvalue weighted by Gasteiger charge is 2.64. The first-order valence-corrected chi connectivity index (χ1v) is 8.02. The van der Waals surface area contributed by atoms with Gasteiger partial charge >= 0.3 is 0 Å². The summed E-state index contributed by atoms with van der Waals surface area (Å²) in [6.07, 6.45) is 0.407. The van der Waals surface area contributed by atoms with Crippen LogP contribution in [-0.4, -0.2) is 38.3 Å². The molecule has 5 rings (SSSR count). The fourth-order valence-corrected chi connectivity index (χ4v) is 4.47. The molecule has 0 aliphatic carbocycles. The van der Waals surface area contributed by atoms with Crippen molar-refractivity contribution in [1.82, 2.24) is 14.9 Å². The van der Waals surface area contributed by atoms with Crippen LogP contribution in [0.1, 0.15) is 31.4 Å². The van der Waals surface area contributed by atoms with Gasteiger partial charge in [0.05, 0.1) is 28.5 Å². The van der Waals surface area contributed by atoms with Gasteiger partial charge in [0.15, 0.2) is 0 Å². The molecular formula is C17H17N3O5. The van der Waals surface area contributed by atoms with Crippen LogP contribution < -0.4 is 0 Å². The minimum Gasteiger partial charge on any atom is -0.494 e. The monoisotopic (exact) mass is 343 g/mol. The summed E-state index contributed by atoms with van der Waals surface area (Å²) in [5.74, 6) is -0.0969. The van der Waals surface area contributed by atoms with E-state index in [0.29, 0.717) is 34.3 Å². The molecule has 25 heavy (non-hydrogen) atoms. The highest BCUT2D eigenvalue weighted by atomic mass is 16.6. The average Bonchev–Trinajstić information content (AvgIpc) is 3.25. The van der Waals surface area contributed by atoms with Crippen LogP contribution >= 0.6 is 0 Å². The van der Waals surface area contributed by atoms with Crippen molar-refractivity contribution in [3.8, 4) is 17.4 Å². The number of nitrogens with zero attached hydrogens (tertiary/aromatic N) is 3. The van der Waals surface area contributed by atoms with E-state index in [9.17, 15) is 10.2 Å². The van der Waals surface area contributed by atoms with Gasteiger partial charge in [0, 0.05) is 13.5 Å². The third kappa shape index (κ3) is 1.58. The van der Waals surface area contributed by atoms with Crippen LogP contribution in [-0.2, 0) is 20.7 Å². The predicted octanol–water partition coefficient (Wildman–Crippen LogP) is 2.30. The summed E-state index contributed by atoms with van der Waals surface area (Å²) in [7, 11) is 1.63. The molecule has 130 valence electrons. The lowest BCUT2D eigenvalue weighted by Gasteiger charge is -2.28. The average molecular weight is 343 g/mol. The molecule has 3 atom stereocenters. The van der Waals surface area contributed by atoms with Crippen molar-refractivity contribution < 1.29 is 24.3 Å². The van der Waals surface area contributed by atoms with Gasteiger partial charge in [-0.05, 0) is 42.4 Å². The SMILES string of the molecule is CO[C@H]1C[C@@]2(C)O[C@]1(C)c1c2c(O)n(-c2ccc3nonc3c2)c1O. The lowest BCUT2D eigenvalue weighted by molar-refractivity contribution is -0.101. The standard InChI is InChI=1S/C17H17N3O5/c1-16-7-11(23-3)17(2,24-16)13-12(16)14(21)20(15(13)22)8-4-5-9-10(6-8)19-25-18-9/h4-6,11,21-22H,7H2,1-3H3/t11-,16+,17-/m0/s1. The van der Waals surface area contributed by atoms with Gasteiger partial charge in [-0.2, -0.15) is 0 Å². The highest BCUT2D eigenvalue weighted by Crippen LogP contribution is 2.64. The maximum Gasteiger partial charge on any atom is 0.205 e. The Morgan fingerprint density at radius 1 is 1.16 bits per heavy atom. The van der Waals surface area contributed by atoms with Crippen molar-refractivity contribution in [2.24, 2.45) is 0 Å². The largest absolute Gasteiger partial charge is 0.494 e. The maximum absolute atomic E-state index is 10.9. The third-order valence-corrected chi connectivity index (χ3v) is 5.55. The van der Waals surface area contributed by atoms with Gasteiger partial charge in [0.2, 0.25) is 11.8 Å².